The van der Waals surface area contributed by atoms with Gasteiger partial charge in [-0.1, -0.05) is 23.7 Å². The van der Waals surface area contributed by atoms with E-state index in [1.165, 1.54) is 0 Å². The first-order valence-corrected chi connectivity index (χ1v) is 6.91. The highest BCUT2D eigenvalue weighted by Gasteiger charge is 2.15. The summed E-state index contributed by atoms with van der Waals surface area (Å²) in [4.78, 5) is 12.0. The van der Waals surface area contributed by atoms with Gasteiger partial charge < -0.3 is 14.2 Å². The lowest BCUT2D eigenvalue weighted by molar-refractivity contribution is 0.0471. The van der Waals surface area contributed by atoms with Gasteiger partial charge in [0.15, 0.2) is 11.5 Å². The van der Waals surface area contributed by atoms with Crippen LogP contribution < -0.4 is 9.47 Å². The van der Waals surface area contributed by atoms with Crippen molar-refractivity contribution in [2.45, 2.75) is 6.61 Å². The predicted molar refractivity (Wildman–Crippen MR) is 78.0 cm³/mol. The fourth-order valence-corrected chi connectivity index (χ4v) is 2.24. The van der Waals surface area contributed by atoms with Crippen molar-refractivity contribution in [1.29, 1.82) is 0 Å². The van der Waals surface area contributed by atoms with Crippen molar-refractivity contribution in [3.63, 3.8) is 0 Å². The van der Waals surface area contributed by atoms with Crippen molar-refractivity contribution < 1.29 is 19.0 Å². The molecule has 1 aliphatic heterocycles. The zero-order chi connectivity index (χ0) is 14.7. The summed E-state index contributed by atoms with van der Waals surface area (Å²) in [5, 5.41) is 0.614. The molecule has 0 spiro atoms. The first-order chi connectivity index (χ1) is 10.2. The van der Waals surface area contributed by atoms with Crippen LogP contribution in [0.2, 0.25) is 5.02 Å². The van der Waals surface area contributed by atoms with Crippen LogP contribution in [0.5, 0.6) is 11.5 Å². The molecule has 0 atom stereocenters. The van der Waals surface area contributed by atoms with Crippen molar-refractivity contribution in [3.8, 4) is 11.5 Å². The molecule has 1 heterocycles. The molecule has 1 aliphatic rings. The zero-order valence-corrected chi connectivity index (χ0v) is 11.9. The molecule has 0 amide bonds. The van der Waals surface area contributed by atoms with Crippen LogP contribution in [0.15, 0.2) is 42.5 Å². The molecule has 0 fully saturated rings. The van der Waals surface area contributed by atoms with E-state index in [4.69, 9.17) is 25.8 Å². The Morgan fingerprint density at radius 2 is 1.90 bits per heavy atom. The Kier molecular flexibility index (Phi) is 3.97. The minimum atomic E-state index is -0.410. The molecule has 3 rings (SSSR count). The Labute approximate surface area is 127 Å². The van der Waals surface area contributed by atoms with Gasteiger partial charge in [-0.25, -0.2) is 4.79 Å². The third-order valence-electron chi connectivity index (χ3n) is 3.04. The lowest BCUT2D eigenvalue weighted by Crippen LogP contribution is -2.16. The number of carbonyl (C=O) groups excluding carboxylic acids is 1. The predicted octanol–water partition coefficient (Wildman–Crippen LogP) is 3.47. The summed E-state index contributed by atoms with van der Waals surface area (Å²) >= 11 is 5.89. The number of hydrogen-bond acceptors (Lipinski definition) is 4. The van der Waals surface area contributed by atoms with E-state index in [9.17, 15) is 4.79 Å². The molecule has 0 radical (unpaired) electrons. The van der Waals surface area contributed by atoms with Gasteiger partial charge in [0.25, 0.3) is 0 Å². The van der Waals surface area contributed by atoms with E-state index in [1.807, 2.05) is 12.1 Å². The smallest absolute Gasteiger partial charge is 0.338 e. The number of rotatable bonds is 3. The van der Waals surface area contributed by atoms with Gasteiger partial charge >= 0.3 is 5.97 Å². The monoisotopic (exact) mass is 304 g/mol. The number of benzene rings is 2. The van der Waals surface area contributed by atoms with Crippen LogP contribution in [0.4, 0.5) is 0 Å². The third-order valence-corrected chi connectivity index (χ3v) is 3.27. The number of carbonyl (C=O) groups is 1. The quantitative estimate of drug-likeness (QED) is 0.815. The maximum absolute atomic E-state index is 12.0. The highest BCUT2D eigenvalue weighted by Crippen LogP contribution is 2.31. The largest absolute Gasteiger partial charge is 0.486 e. The first-order valence-electron chi connectivity index (χ1n) is 6.53. The van der Waals surface area contributed by atoms with E-state index in [-0.39, 0.29) is 6.61 Å². The SMILES string of the molecule is O=C(OCc1cccc(Cl)c1)c1ccc2c(c1)OCCO2. The molecule has 5 heteroatoms. The van der Waals surface area contributed by atoms with E-state index >= 15 is 0 Å². The molecule has 0 saturated heterocycles. The fourth-order valence-electron chi connectivity index (χ4n) is 2.03. The summed E-state index contributed by atoms with van der Waals surface area (Å²) < 4.78 is 16.1. The average molecular weight is 305 g/mol. The number of hydrogen-bond donors (Lipinski definition) is 0. The highest BCUT2D eigenvalue weighted by molar-refractivity contribution is 6.30. The van der Waals surface area contributed by atoms with Crippen molar-refractivity contribution in [2.75, 3.05) is 13.2 Å². The molecule has 0 aliphatic carbocycles. The van der Waals surface area contributed by atoms with E-state index in [0.717, 1.165) is 5.56 Å². The Morgan fingerprint density at radius 3 is 2.71 bits per heavy atom. The van der Waals surface area contributed by atoms with Crippen LogP contribution in [0.3, 0.4) is 0 Å². The number of esters is 1. The minimum absolute atomic E-state index is 0.174. The zero-order valence-electron chi connectivity index (χ0n) is 11.2. The summed E-state index contributed by atoms with van der Waals surface area (Å²) in [7, 11) is 0. The molecule has 0 saturated carbocycles. The molecule has 21 heavy (non-hydrogen) atoms. The van der Waals surface area contributed by atoms with Crippen LogP contribution >= 0.6 is 11.6 Å². The first kappa shape index (κ1) is 13.8. The van der Waals surface area contributed by atoms with Gasteiger partial charge in [-0.3, -0.25) is 0 Å². The summed E-state index contributed by atoms with van der Waals surface area (Å²) in [6.07, 6.45) is 0. The molecule has 0 bridgehead atoms. The Morgan fingerprint density at radius 1 is 1.10 bits per heavy atom. The maximum Gasteiger partial charge on any atom is 0.338 e. The van der Waals surface area contributed by atoms with Crippen LogP contribution in [-0.4, -0.2) is 19.2 Å². The third kappa shape index (κ3) is 3.28. The van der Waals surface area contributed by atoms with E-state index in [2.05, 4.69) is 0 Å². The molecule has 2 aromatic rings. The van der Waals surface area contributed by atoms with Crippen LogP contribution in [0.25, 0.3) is 0 Å². The molecule has 0 unspecified atom stereocenters. The Hall–Kier alpha value is -2.20. The van der Waals surface area contributed by atoms with Crippen molar-refractivity contribution in [2.24, 2.45) is 0 Å². The van der Waals surface area contributed by atoms with Gasteiger partial charge in [0, 0.05) is 5.02 Å². The van der Waals surface area contributed by atoms with Crippen LogP contribution in [0, 0.1) is 0 Å². The second-order valence-electron chi connectivity index (χ2n) is 4.56. The number of fused-ring (bicyclic) bond motifs is 1. The normalized spacial score (nSPS) is 12.8. The van der Waals surface area contributed by atoms with Crippen LogP contribution in [-0.2, 0) is 11.3 Å². The summed E-state index contributed by atoms with van der Waals surface area (Å²) in [5.74, 6) is 0.804. The standard InChI is InChI=1S/C16H13ClO4/c17-13-3-1-2-11(8-13)10-21-16(18)12-4-5-14-15(9-12)20-7-6-19-14/h1-5,8-9H,6-7,10H2. The fraction of sp³-hybridized carbons (Fsp3) is 0.188. The van der Waals surface area contributed by atoms with Crippen LogP contribution in [0.1, 0.15) is 15.9 Å². The second kappa shape index (κ2) is 6.06. The Balaban J connectivity index is 1.68. The molecular formula is C16H13ClO4. The van der Waals surface area contributed by atoms with Gasteiger partial charge in [-0.2, -0.15) is 0 Å². The summed E-state index contributed by atoms with van der Waals surface area (Å²) in [5.41, 5.74) is 1.27. The van der Waals surface area contributed by atoms with Crippen molar-refractivity contribution in [3.05, 3.63) is 58.6 Å². The van der Waals surface area contributed by atoms with E-state index < -0.39 is 5.97 Å². The molecule has 2 aromatic carbocycles. The number of ether oxygens (including phenoxy) is 3. The van der Waals surface area contributed by atoms with Crippen molar-refractivity contribution >= 4 is 17.6 Å². The van der Waals surface area contributed by atoms with Gasteiger partial charge in [0.2, 0.25) is 0 Å². The van der Waals surface area contributed by atoms with Gasteiger partial charge in [0.05, 0.1) is 5.56 Å². The molecule has 4 nitrogen and oxygen atoms in total. The summed E-state index contributed by atoms with van der Waals surface area (Å²) in [6, 6.07) is 12.2. The Bertz CT molecular complexity index is 669. The van der Waals surface area contributed by atoms with E-state index in [1.54, 1.807) is 30.3 Å². The lowest BCUT2D eigenvalue weighted by Gasteiger charge is -2.18. The number of halogens is 1. The maximum atomic E-state index is 12.0. The van der Waals surface area contributed by atoms with Gasteiger partial charge in [0.1, 0.15) is 19.8 Å². The molecule has 108 valence electrons. The highest BCUT2D eigenvalue weighted by atomic mass is 35.5. The summed E-state index contributed by atoms with van der Waals surface area (Å²) in [6.45, 7) is 1.17. The molecule has 0 N–H and O–H groups in total. The lowest BCUT2D eigenvalue weighted by atomic mass is 10.2. The average Bonchev–Trinajstić information content (AvgIpc) is 2.52. The van der Waals surface area contributed by atoms with Gasteiger partial charge in [-0.05, 0) is 35.9 Å². The topological polar surface area (TPSA) is 44.8 Å². The molecular weight excluding hydrogens is 292 g/mol. The van der Waals surface area contributed by atoms with Gasteiger partial charge in [-0.15, -0.1) is 0 Å². The minimum Gasteiger partial charge on any atom is -0.486 e. The van der Waals surface area contributed by atoms with Crippen molar-refractivity contribution in [1.82, 2.24) is 0 Å². The molecule has 0 aromatic heterocycles. The van der Waals surface area contributed by atoms with E-state index in [0.29, 0.717) is 35.3 Å². The second-order valence-corrected chi connectivity index (χ2v) is 5.00.